The highest BCUT2D eigenvalue weighted by molar-refractivity contribution is 5.49. The van der Waals surface area contributed by atoms with Gasteiger partial charge in [0.1, 0.15) is 6.10 Å². The number of aliphatic hydroxyl groups excluding tert-OH is 1. The minimum absolute atomic E-state index is 0.0418. The summed E-state index contributed by atoms with van der Waals surface area (Å²) in [6, 6.07) is 4.83. The molecular weight excluding hydrogens is 182 g/mol. The number of aryl methyl sites for hydroxylation is 1. The zero-order valence-corrected chi connectivity index (χ0v) is 7.80. The van der Waals surface area contributed by atoms with Crippen molar-refractivity contribution in [2.45, 2.75) is 13.0 Å². The van der Waals surface area contributed by atoms with Crippen molar-refractivity contribution in [3.8, 4) is 0 Å². The van der Waals surface area contributed by atoms with Crippen LogP contribution in [0, 0.1) is 17.0 Å². The van der Waals surface area contributed by atoms with Crippen LogP contribution in [0.25, 0.3) is 0 Å². The van der Waals surface area contributed by atoms with Crippen LogP contribution in [-0.2, 0) is 0 Å². The molecule has 0 spiro atoms. The molecule has 1 N–H and O–H groups in total. The van der Waals surface area contributed by atoms with E-state index >= 15 is 0 Å². The number of hydrogen-bond acceptors (Lipinski definition) is 3. The average molecular weight is 193 g/mol. The van der Waals surface area contributed by atoms with E-state index in [1.54, 1.807) is 19.1 Å². The zero-order chi connectivity index (χ0) is 10.7. The van der Waals surface area contributed by atoms with Gasteiger partial charge in [0, 0.05) is 5.56 Å². The van der Waals surface area contributed by atoms with Gasteiger partial charge in [-0.1, -0.05) is 18.2 Å². The fraction of sp³-hybridized carbons (Fsp3) is 0.200. The maximum absolute atomic E-state index is 10.7. The molecule has 14 heavy (non-hydrogen) atoms. The Morgan fingerprint density at radius 3 is 2.79 bits per heavy atom. The standard InChI is InChI=1S/C10H11NO3/c1-3-9(12)8-6-4-5-7(2)10(8)11(13)14/h3-6,9,12H,1H2,2H3. The fourth-order valence-corrected chi connectivity index (χ4v) is 1.30. The van der Waals surface area contributed by atoms with Gasteiger partial charge in [-0.05, 0) is 13.0 Å². The van der Waals surface area contributed by atoms with Crippen LogP contribution < -0.4 is 0 Å². The molecule has 1 rings (SSSR count). The van der Waals surface area contributed by atoms with Crippen molar-refractivity contribution < 1.29 is 10.0 Å². The van der Waals surface area contributed by atoms with Gasteiger partial charge in [0.25, 0.3) is 5.69 Å². The van der Waals surface area contributed by atoms with Crippen LogP contribution in [0.4, 0.5) is 5.69 Å². The predicted molar refractivity (Wildman–Crippen MR) is 53.0 cm³/mol. The van der Waals surface area contributed by atoms with Crippen molar-refractivity contribution in [1.82, 2.24) is 0 Å². The lowest BCUT2D eigenvalue weighted by Gasteiger charge is -2.07. The van der Waals surface area contributed by atoms with Crippen molar-refractivity contribution in [3.63, 3.8) is 0 Å². The lowest BCUT2D eigenvalue weighted by Crippen LogP contribution is -2.01. The molecule has 0 aliphatic rings. The van der Waals surface area contributed by atoms with Gasteiger partial charge in [0.15, 0.2) is 0 Å². The molecule has 0 radical (unpaired) electrons. The van der Waals surface area contributed by atoms with Crippen molar-refractivity contribution in [1.29, 1.82) is 0 Å². The molecule has 1 aromatic carbocycles. The molecule has 1 atom stereocenters. The van der Waals surface area contributed by atoms with Crippen LogP contribution in [0.3, 0.4) is 0 Å². The molecule has 0 fully saturated rings. The average Bonchev–Trinajstić information content (AvgIpc) is 2.15. The number of rotatable bonds is 3. The van der Waals surface area contributed by atoms with Crippen LogP contribution in [0.15, 0.2) is 30.9 Å². The third-order valence-electron chi connectivity index (χ3n) is 1.99. The first kappa shape index (κ1) is 10.4. The topological polar surface area (TPSA) is 63.4 Å². The molecule has 74 valence electrons. The van der Waals surface area contributed by atoms with E-state index in [0.29, 0.717) is 5.56 Å². The van der Waals surface area contributed by atoms with Gasteiger partial charge < -0.3 is 5.11 Å². The summed E-state index contributed by atoms with van der Waals surface area (Å²) in [5.41, 5.74) is 0.776. The Hall–Kier alpha value is -1.68. The van der Waals surface area contributed by atoms with Crippen LogP contribution >= 0.6 is 0 Å². The Bertz CT molecular complexity index is 374. The molecule has 0 aliphatic heterocycles. The number of nitro benzene ring substituents is 1. The highest BCUT2D eigenvalue weighted by atomic mass is 16.6. The first-order chi connectivity index (χ1) is 6.57. The summed E-state index contributed by atoms with van der Waals surface area (Å²) in [6.07, 6.45) is 0.275. The largest absolute Gasteiger partial charge is 0.384 e. The summed E-state index contributed by atoms with van der Waals surface area (Å²) in [7, 11) is 0. The second-order valence-electron chi connectivity index (χ2n) is 2.95. The number of hydrogen-bond donors (Lipinski definition) is 1. The maximum Gasteiger partial charge on any atom is 0.278 e. The molecule has 0 amide bonds. The highest BCUT2D eigenvalue weighted by Gasteiger charge is 2.20. The molecule has 0 saturated heterocycles. The summed E-state index contributed by atoms with van der Waals surface area (Å²) >= 11 is 0. The second kappa shape index (κ2) is 4.02. The Morgan fingerprint density at radius 1 is 1.64 bits per heavy atom. The summed E-state index contributed by atoms with van der Waals surface area (Å²) in [4.78, 5) is 10.2. The SMILES string of the molecule is C=CC(O)c1cccc(C)c1[N+](=O)[O-]. The van der Waals surface area contributed by atoms with Gasteiger partial charge in [-0.3, -0.25) is 10.1 Å². The molecule has 0 heterocycles. The molecule has 1 unspecified atom stereocenters. The third kappa shape index (κ3) is 1.80. The van der Waals surface area contributed by atoms with E-state index in [1.165, 1.54) is 12.1 Å². The number of para-hydroxylation sites is 1. The number of nitro groups is 1. The smallest absolute Gasteiger partial charge is 0.278 e. The van der Waals surface area contributed by atoms with Gasteiger partial charge in [0.05, 0.1) is 10.5 Å². The molecule has 0 aliphatic carbocycles. The van der Waals surface area contributed by atoms with E-state index in [1.807, 2.05) is 0 Å². The van der Waals surface area contributed by atoms with Crippen molar-refractivity contribution in [2.75, 3.05) is 0 Å². The van der Waals surface area contributed by atoms with Crippen molar-refractivity contribution in [3.05, 3.63) is 52.1 Å². The number of nitrogens with zero attached hydrogens (tertiary/aromatic N) is 1. The van der Waals surface area contributed by atoms with Crippen LogP contribution in [0.1, 0.15) is 17.2 Å². The van der Waals surface area contributed by atoms with Gasteiger partial charge in [-0.15, -0.1) is 6.58 Å². The Balaban J connectivity index is 3.35. The van der Waals surface area contributed by atoms with E-state index < -0.39 is 11.0 Å². The van der Waals surface area contributed by atoms with E-state index in [9.17, 15) is 15.2 Å². The van der Waals surface area contributed by atoms with Crippen molar-refractivity contribution in [2.24, 2.45) is 0 Å². The summed E-state index contributed by atoms with van der Waals surface area (Å²) in [5, 5.41) is 20.2. The van der Waals surface area contributed by atoms with Gasteiger partial charge in [0.2, 0.25) is 0 Å². The van der Waals surface area contributed by atoms with E-state index in [0.717, 1.165) is 0 Å². The Labute approximate surface area is 81.6 Å². The lowest BCUT2D eigenvalue weighted by molar-refractivity contribution is -0.386. The molecule has 0 bridgehead atoms. The highest BCUT2D eigenvalue weighted by Crippen LogP contribution is 2.28. The molecule has 4 nitrogen and oxygen atoms in total. The molecule has 1 aromatic rings. The fourth-order valence-electron chi connectivity index (χ4n) is 1.30. The summed E-state index contributed by atoms with van der Waals surface area (Å²) in [5.74, 6) is 0. The van der Waals surface area contributed by atoms with E-state index in [4.69, 9.17) is 0 Å². The normalized spacial score (nSPS) is 12.1. The quantitative estimate of drug-likeness (QED) is 0.454. The monoisotopic (exact) mass is 193 g/mol. The number of aliphatic hydroxyl groups is 1. The second-order valence-corrected chi connectivity index (χ2v) is 2.95. The minimum atomic E-state index is -0.990. The lowest BCUT2D eigenvalue weighted by atomic mass is 10.0. The van der Waals surface area contributed by atoms with Gasteiger partial charge >= 0.3 is 0 Å². The van der Waals surface area contributed by atoms with Crippen LogP contribution in [-0.4, -0.2) is 10.0 Å². The van der Waals surface area contributed by atoms with E-state index in [2.05, 4.69) is 6.58 Å². The predicted octanol–water partition coefficient (Wildman–Crippen LogP) is 2.12. The van der Waals surface area contributed by atoms with Crippen LogP contribution in [0.5, 0.6) is 0 Å². The Kier molecular flexibility index (Phi) is 2.99. The third-order valence-corrected chi connectivity index (χ3v) is 1.99. The first-order valence-electron chi connectivity index (χ1n) is 4.12. The summed E-state index contributed by atoms with van der Waals surface area (Å²) < 4.78 is 0. The molecule has 0 saturated carbocycles. The Morgan fingerprint density at radius 2 is 2.29 bits per heavy atom. The number of benzene rings is 1. The van der Waals surface area contributed by atoms with Gasteiger partial charge in [-0.25, -0.2) is 0 Å². The first-order valence-corrected chi connectivity index (χ1v) is 4.12. The molecule has 0 aromatic heterocycles. The molecular formula is C10H11NO3. The zero-order valence-electron chi connectivity index (χ0n) is 7.80. The molecule has 4 heteroatoms. The van der Waals surface area contributed by atoms with Crippen molar-refractivity contribution >= 4 is 5.69 Å². The minimum Gasteiger partial charge on any atom is -0.384 e. The summed E-state index contributed by atoms with van der Waals surface area (Å²) in [6.45, 7) is 5.03. The maximum atomic E-state index is 10.7. The van der Waals surface area contributed by atoms with E-state index in [-0.39, 0.29) is 11.3 Å². The van der Waals surface area contributed by atoms with Crippen LogP contribution in [0.2, 0.25) is 0 Å². The van der Waals surface area contributed by atoms with Gasteiger partial charge in [-0.2, -0.15) is 0 Å².